The second-order valence-electron chi connectivity index (χ2n) is 25.0. The van der Waals surface area contributed by atoms with E-state index in [1.165, 1.54) is 9.58 Å². The maximum absolute atomic E-state index is 15.1. The van der Waals surface area contributed by atoms with E-state index in [1.807, 2.05) is 69.8 Å². The lowest BCUT2D eigenvalue weighted by Crippen LogP contribution is -2.54. The zero-order chi connectivity index (χ0) is 67.9. The highest BCUT2D eigenvalue weighted by atomic mass is 32.2. The van der Waals surface area contributed by atoms with Gasteiger partial charge in [0, 0.05) is 87.3 Å². The number of thioether (sulfide) groups is 1. The van der Waals surface area contributed by atoms with E-state index < -0.39 is 108 Å². The molecule has 3 saturated heterocycles. The van der Waals surface area contributed by atoms with Crippen LogP contribution in [0.5, 0.6) is 0 Å². The van der Waals surface area contributed by atoms with Crippen molar-refractivity contribution in [1.82, 2.24) is 46.5 Å². The number of Topliss-reactive ketones (excluding diaryl/α,β-unsaturated/α-hetero) is 4. The van der Waals surface area contributed by atoms with Crippen LogP contribution in [0.15, 0.2) is 66.9 Å². The third kappa shape index (κ3) is 25.4. The normalized spacial score (nSPS) is 24.4. The maximum atomic E-state index is 15.1. The summed E-state index contributed by atoms with van der Waals surface area (Å²) in [5.41, 5.74) is 7.53. The summed E-state index contributed by atoms with van der Waals surface area (Å²) in [5.74, 6) is -8.58. The van der Waals surface area contributed by atoms with Crippen LogP contribution in [0.4, 0.5) is 4.79 Å². The van der Waals surface area contributed by atoms with Gasteiger partial charge in [-0.05, 0) is 87.7 Å². The Balaban J connectivity index is 0.00000693. The van der Waals surface area contributed by atoms with E-state index in [1.54, 1.807) is 36.5 Å². The standard InChI is InChI=1S/C66H92N10O15S.C2H6/c1-42(2)31-52-56(79)37-47(33-44-17-7-4-8-18-44)65(87)76-25-13-22-55(76)57(80)36-45(32-43-15-5-3-6-16-43)62(84)70-53(38-59(81)82)64(86)68-51(61(67)83)21-11-12-24-75-39-48(73-74-75)34-46(63(85)69-52)35-50(78)40-91-30-29-90-28-27-89-26-14-20-49(77)19-9-10-23-58-60-54(41-92-58)71-66(88)72-60;1-2/h3-8,15-18,39,42,45-47,51-55,58,60H,9-14,19-38,40-41H2,1-2H3,(H2,67,83)(H,68,86)(H,69,85)(H,70,84)(H,81,82)(H2,71,72,88);1-2H3/t45-,46-,47-,51+,52+,53+,54-,55+,58-,60-;/m1./s1. The number of carboxylic acids is 1. The monoisotopic (exact) mass is 1330 g/mol. The molecule has 3 aromatic rings. The number of carbonyl (C=O) groups excluding carboxylic acids is 10. The van der Waals surface area contributed by atoms with Crippen molar-refractivity contribution in [2.45, 2.75) is 198 Å². The third-order valence-electron chi connectivity index (χ3n) is 17.2. The van der Waals surface area contributed by atoms with Gasteiger partial charge in [-0.15, -0.1) is 5.10 Å². The number of aryl methyl sites for hydroxylation is 1. The third-order valence-corrected chi connectivity index (χ3v) is 18.7. The van der Waals surface area contributed by atoms with Crippen molar-refractivity contribution in [2.24, 2.45) is 29.4 Å². The van der Waals surface area contributed by atoms with E-state index in [-0.39, 0.29) is 121 Å². The average molecular weight is 1330 g/mol. The van der Waals surface area contributed by atoms with Crippen molar-refractivity contribution in [2.75, 3.05) is 51.9 Å². The van der Waals surface area contributed by atoms with Crippen LogP contribution in [0.25, 0.3) is 0 Å². The number of benzene rings is 2. The van der Waals surface area contributed by atoms with Gasteiger partial charge in [-0.25, -0.2) is 4.79 Å². The maximum Gasteiger partial charge on any atom is 0.315 e. The quantitative estimate of drug-likeness (QED) is 0.0378. The van der Waals surface area contributed by atoms with E-state index in [9.17, 15) is 53.1 Å². The molecule has 94 heavy (non-hydrogen) atoms. The summed E-state index contributed by atoms with van der Waals surface area (Å²) < 4.78 is 18.5. The van der Waals surface area contributed by atoms with Gasteiger partial charge in [-0.1, -0.05) is 100.0 Å². The van der Waals surface area contributed by atoms with Crippen LogP contribution in [0, 0.1) is 23.7 Å². The Labute approximate surface area is 555 Å². The second-order valence-corrected chi connectivity index (χ2v) is 26.3. The van der Waals surface area contributed by atoms with E-state index in [2.05, 4.69) is 36.9 Å². The molecule has 0 aliphatic carbocycles. The van der Waals surface area contributed by atoms with Gasteiger partial charge < -0.3 is 56.5 Å². The molecule has 516 valence electrons. The number of nitrogens with zero attached hydrogens (tertiary/aromatic N) is 4. The number of nitrogens with one attached hydrogen (secondary N) is 5. The minimum atomic E-state index is -1.67. The van der Waals surface area contributed by atoms with Crippen LogP contribution in [0.2, 0.25) is 0 Å². The van der Waals surface area contributed by atoms with Crippen molar-refractivity contribution in [1.29, 1.82) is 0 Å². The predicted molar refractivity (Wildman–Crippen MR) is 351 cm³/mol. The smallest absolute Gasteiger partial charge is 0.315 e. The molecular weight excluding hydrogens is 1230 g/mol. The molecule has 7 amide bonds. The number of aromatic nitrogens is 3. The zero-order valence-corrected chi connectivity index (χ0v) is 55.8. The Hall–Kier alpha value is -7.42. The summed E-state index contributed by atoms with van der Waals surface area (Å²) >= 11 is 1.87. The Morgan fingerprint density at radius 2 is 1.30 bits per heavy atom. The van der Waals surface area contributed by atoms with Gasteiger partial charge >= 0.3 is 12.0 Å². The molecule has 26 heteroatoms. The number of nitrogens with two attached hydrogens (primary N) is 1. The Morgan fingerprint density at radius 1 is 0.660 bits per heavy atom. The molecule has 0 unspecified atom stereocenters. The minimum absolute atomic E-state index is 0.0159. The minimum Gasteiger partial charge on any atom is -0.481 e. The molecule has 2 aromatic carbocycles. The van der Waals surface area contributed by atoms with E-state index in [4.69, 9.17) is 19.9 Å². The summed E-state index contributed by atoms with van der Waals surface area (Å²) in [6, 6.07) is 13.2. The van der Waals surface area contributed by atoms with Crippen LogP contribution < -0.4 is 32.3 Å². The molecule has 2 bridgehead atoms. The van der Waals surface area contributed by atoms with Gasteiger partial charge in [0.05, 0.1) is 68.6 Å². The molecule has 10 atom stereocenters. The Kier molecular flexibility index (Phi) is 32.2. The van der Waals surface area contributed by atoms with Crippen molar-refractivity contribution >= 4 is 76.4 Å². The van der Waals surface area contributed by atoms with Gasteiger partial charge in [-0.3, -0.25) is 52.6 Å². The highest BCUT2D eigenvalue weighted by Gasteiger charge is 2.43. The van der Waals surface area contributed by atoms with Crippen LogP contribution in [-0.2, 0) is 88.0 Å². The number of hydrogen-bond donors (Lipinski definition) is 7. The van der Waals surface area contributed by atoms with E-state index >= 15 is 4.79 Å². The van der Waals surface area contributed by atoms with Crippen LogP contribution in [0.3, 0.4) is 0 Å². The lowest BCUT2D eigenvalue weighted by Gasteiger charge is -2.30. The van der Waals surface area contributed by atoms with Crippen LogP contribution in [-0.4, -0.2) is 183 Å². The molecule has 1 aromatic heterocycles. The first kappa shape index (κ1) is 75.6. The van der Waals surface area contributed by atoms with Gasteiger partial charge in [0.15, 0.2) is 17.3 Å². The topological polar surface area (TPSA) is 356 Å². The van der Waals surface area contributed by atoms with Crippen molar-refractivity contribution in [3.8, 4) is 0 Å². The number of ether oxygens (including phenoxy) is 3. The molecular formula is C68H98N10O15S. The second kappa shape index (κ2) is 40.1. The summed E-state index contributed by atoms with van der Waals surface area (Å²) in [5, 5.41) is 32.8. The summed E-state index contributed by atoms with van der Waals surface area (Å²) in [6.45, 7) is 9.11. The molecule has 0 spiro atoms. The number of hydrogen-bond acceptors (Lipinski definition) is 17. The van der Waals surface area contributed by atoms with Crippen molar-refractivity contribution in [3.63, 3.8) is 0 Å². The fourth-order valence-corrected chi connectivity index (χ4v) is 13.9. The predicted octanol–water partition coefficient (Wildman–Crippen LogP) is 4.82. The van der Waals surface area contributed by atoms with Crippen molar-refractivity contribution < 1.29 is 72.1 Å². The highest BCUT2D eigenvalue weighted by molar-refractivity contribution is 8.00. The molecule has 0 saturated carbocycles. The number of carboxylic acid groups (broad SMARTS) is 1. The van der Waals surface area contributed by atoms with Gasteiger partial charge in [0.2, 0.25) is 29.5 Å². The Morgan fingerprint density at radius 3 is 1.98 bits per heavy atom. The van der Waals surface area contributed by atoms with Gasteiger partial charge in [-0.2, -0.15) is 11.8 Å². The molecule has 4 aliphatic rings. The number of rotatable bonds is 28. The SMILES string of the molecule is CC.CC(C)C[C@@H]1NC(=O)[C@@H](CC(=O)COCCOCCOCCCC(=O)CCCC[C@H]2SC[C@H]3NC(=O)N[C@H]32)Cc2cn(nn2)CCCC[C@@H](C(N)=O)NC(=O)[C@H](CC(=O)O)NC(=O)[C@H](Cc2ccccc2)CC(=O)[C@@H]2CCCN2C(=O)[C@H](Cc2ccccc2)CC1=O. The van der Waals surface area contributed by atoms with Crippen LogP contribution >= 0.6 is 11.8 Å². The summed E-state index contributed by atoms with van der Waals surface area (Å²) in [4.78, 5) is 152. The molecule has 0 radical (unpaired) electrons. The number of unbranched alkanes of at least 4 members (excludes halogenated alkanes) is 1. The van der Waals surface area contributed by atoms with E-state index in [0.29, 0.717) is 68.2 Å². The number of primary amides is 1. The molecule has 7 rings (SSSR count). The molecule has 3 fully saturated rings. The van der Waals surface area contributed by atoms with Crippen LogP contribution in [0.1, 0.15) is 147 Å². The fourth-order valence-electron chi connectivity index (χ4n) is 12.4. The molecule has 25 nitrogen and oxygen atoms in total. The van der Waals surface area contributed by atoms with Gasteiger partial charge in [0.1, 0.15) is 24.5 Å². The largest absolute Gasteiger partial charge is 0.481 e. The number of fused-ring (bicyclic) bond motifs is 4. The first-order valence-electron chi connectivity index (χ1n) is 33.5. The number of ketones is 4. The summed E-state index contributed by atoms with van der Waals surface area (Å²) in [7, 11) is 0. The zero-order valence-electron chi connectivity index (χ0n) is 54.9. The number of amides is 7. The Bertz CT molecular complexity index is 2970. The molecule has 4 aliphatic heterocycles. The van der Waals surface area contributed by atoms with Gasteiger partial charge in [0.25, 0.3) is 0 Å². The number of carbonyl (C=O) groups is 11. The van der Waals surface area contributed by atoms with E-state index in [0.717, 1.165) is 30.6 Å². The average Bonchev–Trinajstić information content (AvgIpc) is 1.64. The highest BCUT2D eigenvalue weighted by Crippen LogP contribution is 2.34. The van der Waals surface area contributed by atoms with Crippen molar-refractivity contribution in [3.05, 3.63) is 83.7 Å². The first-order valence-corrected chi connectivity index (χ1v) is 34.5. The molecule has 8 N–H and O–H groups in total. The first-order chi connectivity index (χ1) is 45.3. The fraction of sp³-hybridized carbons (Fsp3) is 0.632. The lowest BCUT2D eigenvalue weighted by atomic mass is 9.87. The molecule has 5 heterocycles. The number of aliphatic carboxylic acids is 1. The number of urea groups is 1. The summed E-state index contributed by atoms with van der Waals surface area (Å²) in [6.07, 6.45) is 5.75. The lowest BCUT2D eigenvalue weighted by molar-refractivity contribution is -0.143.